The summed E-state index contributed by atoms with van der Waals surface area (Å²) in [6.07, 6.45) is 0. The van der Waals surface area contributed by atoms with Gasteiger partial charge in [0.15, 0.2) is 5.75 Å². The molecule has 2 heterocycles. The monoisotopic (exact) mass is 491 g/mol. The first-order chi connectivity index (χ1) is 16.8. The van der Waals surface area contributed by atoms with Crippen LogP contribution in [0.3, 0.4) is 0 Å². The third-order valence-corrected chi connectivity index (χ3v) is 8.46. The number of fused-ring (bicyclic) bond motifs is 2. The predicted octanol–water partition coefficient (Wildman–Crippen LogP) is 4.89. The second-order valence-corrected chi connectivity index (χ2v) is 11.0. The number of ether oxygens (including phenoxy) is 2. The van der Waals surface area contributed by atoms with Gasteiger partial charge in [-0.2, -0.15) is 4.31 Å². The van der Waals surface area contributed by atoms with Gasteiger partial charge in [0.2, 0.25) is 10.0 Å². The van der Waals surface area contributed by atoms with Gasteiger partial charge in [0.05, 0.1) is 17.6 Å². The molecule has 0 spiro atoms. The summed E-state index contributed by atoms with van der Waals surface area (Å²) in [5, 5.41) is 0. The zero-order valence-electron chi connectivity index (χ0n) is 20.4. The van der Waals surface area contributed by atoms with Crippen molar-refractivity contribution >= 4 is 21.5 Å². The molecule has 0 aromatic heterocycles. The second-order valence-electron chi connectivity index (χ2n) is 9.10. The molecule has 0 saturated carbocycles. The Morgan fingerprint density at radius 1 is 0.971 bits per heavy atom. The van der Waals surface area contributed by atoms with E-state index in [0.29, 0.717) is 25.4 Å². The van der Waals surface area contributed by atoms with Crippen LogP contribution in [-0.2, 0) is 10.0 Å². The number of benzene rings is 3. The van der Waals surface area contributed by atoms with Crippen LogP contribution in [0, 0.1) is 13.8 Å². The fraction of sp³-hybridized carbons (Fsp3) is 0.296. The molecule has 35 heavy (non-hydrogen) atoms. The van der Waals surface area contributed by atoms with E-state index in [-0.39, 0.29) is 10.9 Å². The van der Waals surface area contributed by atoms with Gasteiger partial charge in [0.1, 0.15) is 23.0 Å². The Bertz CT molecular complexity index is 1420. The maximum atomic E-state index is 13.4. The van der Waals surface area contributed by atoms with Crippen LogP contribution in [0.5, 0.6) is 17.2 Å². The van der Waals surface area contributed by atoms with Crippen LogP contribution in [-0.4, -0.2) is 56.2 Å². The molecule has 182 valence electrons. The van der Waals surface area contributed by atoms with Gasteiger partial charge >= 0.3 is 0 Å². The average molecular weight is 492 g/mol. The lowest BCUT2D eigenvalue weighted by Gasteiger charge is -2.40. The molecule has 0 N–H and O–H groups in total. The van der Waals surface area contributed by atoms with Gasteiger partial charge in [-0.25, -0.2) is 13.4 Å². The van der Waals surface area contributed by atoms with Crippen LogP contribution in [0.15, 0.2) is 70.6 Å². The zero-order chi connectivity index (χ0) is 24.7. The van der Waals surface area contributed by atoms with E-state index in [1.807, 2.05) is 51.1 Å². The highest BCUT2D eigenvalue weighted by atomic mass is 32.2. The van der Waals surface area contributed by atoms with E-state index in [0.717, 1.165) is 39.7 Å². The quantitative estimate of drug-likeness (QED) is 0.522. The molecule has 0 bridgehead atoms. The molecule has 1 fully saturated rings. The molecule has 2 aliphatic heterocycles. The second kappa shape index (κ2) is 9.02. The van der Waals surface area contributed by atoms with Crippen LogP contribution in [0.4, 0.5) is 5.69 Å². The lowest BCUT2D eigenvalue weighted by Crippen LogP contribution is -2.55. The van der Waals surface area contributed by atoms with Crippen LogP contribution in [0.1, 0.15) is 23.6 Å². The van der Waals surface area contributed by atoms with Crippen molar-refractivity contribution in [2.45, 2.75) is 31.7 Å². The highest BCUT2D eigenvalue weighted by Gasteiger charge is 2.36. The summed E-state index contributed by atoms with van der Waals surface area (Å²) < 4.78 is 40.0. The van der Waals surface area contributed by atoms with Crippen molar-refractivity contribution in [2.24, 2.45) is 4.99 Å². The molecule has 3 aromatic carbocycles. The van der Waals surface area contributed by atoms with Crippen LogP contribution >= 0.6 is 0 Å². The molecular formula is C27H29N3O4S. The Morgan fingerprint density at radius 3 is 2.51 bits per heavy atom. The minimum atomic E-state index is -3.66. The lowest BCUT2D eigenvalue weighted by molar-refractivity contribution is 0.205. The normalized spacial score (nSPS) is 18.1. The van der Waals surface area contributed by atoms with E-state index in [4.69, 9.17) is 14.5 Å². The number of aryl methyl sites for hydroxylation is 2. The van der Waals surface area contributed by atoms with Crippen LogP contribution in [0.25, 0.3) is 0 Å². The number of sulfonamides is 1. The summed E-state index contributed by atoms with van der Waals surface area (Å²) in [6, 6.07) is 18.4. The maximum Gasteiger partial charge on any atom is 0.243 e. The Hall–Kier alpha value is -3.36. The zero-order valence-corrected chi connectivity index (χ0v) is 21.2. The molecule has 8 heteroatoms. The number of hydrogen-bond acceptors (Lipinski definition) is 6. The molecule has 0 unspecified atom stereocenters. The van der Waals surface area contributed by atoms with E-state index in [9.17, 15) is 8.42 Å². The average Bonchev–Trinajstić information content (AvgIpc) is 3.00. The topological polar surface area (TPSA) is 71.4 Å². The minimum Gasteiger partial charge on any atom is -0.497 e. The van der Waals surface area contributed by atoms with E-state index >= 15 is 0 Å². The third-order valence-electron chi connectivity index (χ3n) is 6.45. The number of nitrogens with zero attached hydrogens (tertiary/aromatic N) is 3. The highest BCUT2D eigenvalue weighted by molar-refractivity contribution is 7.89. The van der Waals surface area contributed by atoms with Crippen LogP contribution in [0.2, 0.25) is 0 Å². The molecule has 1 atom stereocenters. The van der Waals surface area contributed by atoms with Crippen LogP contribution < -0.4 is 9.47 Å². The van der Waals surface area contributed by atoms with Gasteiger partial charge in [0, 0.05) is 31.7 Å². The molecule has 3 aromatic rings. The van der Waals surface area contributed by atoms with Crippen molar-refractivity contribution in [1.29, 1.82) is 0 Å². The Kier molecular flexibility index (Phi) is 6.02. The third kappa shape index (κ3) is 4.39. The van der Waals surface area contributed by atoms with Gasteiger partial charge in [-0.1, -0.05) is 23.8 Å². The SMILES string of the molecule is COc1cccc(S(=O)(=O)N2CCN(C3=Nc4ccc(C)cc4Oc4ccc(C)cc43)C[C@H]2C)c1. The van der Waals surface area contributed by atoms with Gasteiger partial charge in [-0.3, -0.25) is 0 Å². The number of rotatable bonds is 3. The number of methoxy groups -OCH3 is 1. The Morgan fingerprint density at radius 2 is 1.74 bits per heavy atom. The number of piperazine rings is 1. The Balaban J connectivity index is 1.48. The fourth-order valence-corrected chi connectivity index (χ4v) is 6.27. The first-order valence-corrected chi connectivity index (χ1v) is 13.1. The van der Waals surface area contributed by atoms with Gasteiger partial charge in [-0.05, 0) is 62.7 Å². The molecule has 7 nitrogen and oxygen atoms in total. The van der Waals surface area contributed by atoms with E-state index in [1.165, 1.54) is 7.11 Å². The van der Waals surface area contributed by atoms with E-state index in [2.05, 4.69) is 11.0 Å². The minimum absolute atomic E-state index is 0.239. The van der Waals surface area contributed by atoms with Gasteiger partial charge < -0.3 is 14.4 Å². The molecule has 5 rings (SSSR count). The lowest BCUT2D eigenvalue weighted by atomic mass is 10.1. The Labute approximate surface area is 206 Å². The number of hydrogen-bond donors (Lipinski definition) is 0. The summed E-state index contributed by atoms with van der Waals surface area (Å²) in [4.78, 5) is 7.43. The van der Waals surface area contributed by atoms with Crippen molar-refractivity contribution < 1.29 is 17.9 Å². The molecule has 2 aliphatic rings. The molecular weight excluding hydrogens is 462 g/mol. The largest absolute Gasteiger partial charge is 0.497 e. The summed E-state index contributed by atoms with van der Waals surface area (Å²) in [7, 11) is -2.13. The maximum absolute atomic E-state index is 13.4. The summed E-state index contributed by atoms with van der Waals surface area (Å²) in [5.41, 5.74) is 3.88. The van der Waals surface area contributed by atoms with E-state index < -0.39 is 10.0 Å². The predicted molar refractivity (Wildman–Crippen MR) is 137 cm³/mol. The van der Waals surface area contributed by atoms with Gasteiger partial charge in [0.25, 0.3) is 0 Å². The molecule has 0 radical (unpaired) electrons. The summed E-state index contributed by atoms with van der Waals surface area (Å²) >= 11 is 0. The first kappa shape index (κ1) is 23.4. The number of aliphatic imine (C=N–C) groups is 1. The highest BCUT2D eigenvalue weighted by Crippen LogP contribution is 2.39. The molecule has 0 amide bonds. The molecule has 1 saturated heterocycles. The van der Waals surface area contributed by atoms with Gasteiger partial charge in [-0.15, -0.1) is 0 Å². The smallest absolute Gasteiger partial charge is 0.243 e. The number of amidine groups is 1. The first-order valence-electron chi connectivity index (χ1n) is 11.7. The summed E-state index contributed by atoms with van der Waals surface area (Å²) in [5.74, 6) is 2.79. The standard InChI is InChI=1S/C27H29N3O4S/c1-18-9-11-25-23(14-18)27(28-24-10-8-19(2)15-26(24)34-25)29-12-13-30(20(3)17-29)35(31,32)22-7-5-6-21(16-22)33-4/h5-11,14-16,20H,12-13,17H2,1-4H3/t20-/m1/s1. The van der Waals surface area contributed by atoms with Crippen molar-refractivity contribution in [1.82, 2.24) is 9.21 Å². The fourth-order valence-electron chi connectivity index (χ4n) is 4.62. The van der Waals surface area contributed by atoms with Crippen molar-refractivity contribution in [3.63, 3.8) is 0 Å². The van der Waals surface area contributed by atoms with E-state index in [1.54, 1.807) is 28.6 Å². The van der Waals surface area contributed by atoms with Crippen molar-refractivity contribution in [3.8, 4) is 17.2 Å². The van der Waals surface area contributed by atoms with Crippen molar-refractivity contribution in [3.05, 3.63) is 77.4 Å². The molecule has 0 aliphatic carbocycles. The van der Waals surface area contributed by atoms with Crippen molar-refractivity contribution in [2.75, 3.05) is 26.7 Å². The summed E-state index contributed by atoms with van der Waals surface area (Å²) in [6.45, 7) is 7.38.